The Bertz CT molecular complexity index is 338. The molecule has 3 saturated carbocycles. The maximum absolute atomic E-state index is 12.1. The van der Waals surface area contributed by atoms with Gasteiger partial charge in [0.15, 0.2) is 0 Å². The first kappa shape index (κ1) is 12.7. The molecule has 18 heavy (non-hydrogen) atoms. The molecule has 102 valence electrons. The van der Waals surface area contributed by atoms with Crippen LogP contribution in [0.15, 0.2) is 0 Å². The van der Waals surface area contributed by atoms with Crippen LogP contribution in [0, 0.1) is 29.1 Å². The van der Waals surface area contributed by atoms with Crippen molar-refractivity contribution in [3.8, 4) is 0 Å². The van der Waals surface area contributed by atoms with Gasteiger partial charge in [0.25, 0.3) is 0 Å². The van der Waals surface area contributed by atoms with E-state index in [2.05, 4.69) is 6.92 Å². The molecule has 0 aromatic rings. The SMILES string of the molecule is C[C@]12CCC3C[C@@H](CCO)CCC3C1CCC2=O. The lowest BCUT2D eigenvalue weighted by atomic mass is 9.55. The van der Waals surface area contributed by atoms with E-state index in [0.717, 1.165) is 43.4 Å². The Balaban J connectivity index is 1.73. The minimum Gasteiger partial charge on any atom is -0.396 e. The normalized spacial score (nSPS) is 47.8. The van der Waals surface area contributed by atoms with Crippen LogP contribution in [0.1, 0.15) is 58.3 Å². The molecule has 0 heterocycles. The third-order valence-electron chi connectivity index (χ3n) is 6.38. The lowest BCUT2D eigenvalue weighted by Gasteiger charge is -2.49. The summed E-state index contributed by atoms with van der Waals surface area (Å²) in [6.07, 6.45) is 9.27. The van der Waals surface area contributed by atoms with E-state index in [-0.39, 0.29) is 5.41 Å². The van der Waals surface area contributed by atoms with Crippen molar-refractivity contribution >= 4 is 5.78 Å². The molecule has 3 aliphatic rings. The Kier molecular flexibility index (Phi) is 3.25. The fourth-order valence-electron chi connectivity index (χ4n) is 5.29. The molecule has 0 radical (unpaired) electrons. The van der Waals surface area contributed by atoms with Gasteiger partial charge in [-0.3, -0.25) is 4.79 Å². The third-order valence-corrected chi connectivity index (χ3v) is 6.38. The van der Waals surface area contributed by atoms with E-state index in [1.165, 1.54) is 25.7 Å². The third kappa shape index (κ3) is 1.84. The highest BCUT2D eigenvalue weighted by atomic mass is 16.3. The van der Waals surface area contributed by atoms with Crippen molar-refractivity contribution in [2.45, 2.75) is 58.3 Å². The zero-order valence-electron chi connectivity index (χ0n) is 11.5. The first-order valence-electron chi connectivity index (χ1n) is 7.79. The number of hydrogen-bond donors (Lipinski definition) is 1. The van der Waals surface area contributed by atoms with Crippen LogP contribution in [0.2, 0.25) is 0 Å². The molecule has 2 nitrogen and oxygen atoms in total. The molecule has 3 unspecified atom stereocenters. The summed E-state index contributed by atoms with van der Waals surface area (Å²) in [5.74, 6) is 3.63. The Hall–Kier alpha value is -0.370. The molecule has 5 atom stereocenters. The number of carbonyl (C=O) groups is 1. The number of Topliss-reactive ketones (excluding diaryl/α,β-unsaturated/α-hetero) is 1. The second kappa shape index (κ2) is 4.63. The number of aliphatic hydroxyl groups is 1. The van der Waals surface area contributed by atoms with Crippen LogP contribution in [0.25, 0.3) is 0 Å². The summed E-state index contributed by atoms with van der Waals surface area (Å²) in [6, 6.07) is 0. The van der Waals surface area contributed by atoms with Gasteiger partial charge in [-0.1, -0.05) is 13.3 Å². The van der Waals surface area contributed by atoms with Crippen molar-refractivity contribution in [2.24, 2.45) is 29.1 Å². The van der Waals surface area contributed by atoms with Crippen molar-refractivity contribution in [2.75, 3.05) is 6.61 Å². The van der Waals surface area contributed by atoms with Crippen LogP contribution in [0.5, 0.6) is 0 Å². The monoisotopic (exact) mass is 250 g/mol. The predicted octanol–water partition coefficient (Wildman–Crippen LogP) is 3.18. The molecule has 0 saturated heterocycles. The molecule has 2 heteroatoms. The largest absolute Gasteiger partial charge is 0.396 e. The average molecular weight is 250 g/mol. The van der Waals surface area contributed by atoms with E-state index in [4.69, 9.17) is 5.11 Å². The quantitative estimate of drug-likeness (QED) is 0.817. The summed E-state index contributed by atoms with van der Waals surface area (Å²) in [5.41, 5.74) is 0.0327. The van der Waals surface area contributed by atoms with E-state index < -0.39 is 0 Å². The van der Waals surface area contributed by atoms with Crippen molar-refractivity contribution in [1.82, 2.24) is 0 Å². The molecule has 0 amide bonds. The van der Waals surface area contributed by atoms with Gasteiger partial charge in [-0.25, -0.2) is 0 Å². The van der Waals surface area contributed by atoms with Crippen molar-refractivity contribution in [1.29, 1.82) is 0 Å². The van der Waals surface area contributed by atoms with Gasteiger partial charge in [0.05, 0.1) is 0 Å². The fraction of sp³-hybridized carbons (Fsp3) is 0.938. The topological polar surface area (TPSA) is 37.3 Å². The summed E-state index contributed by atoms with van der Waals surface area (Å²) in [5, 5.41) is 9.10. The van der Waals surface area contributed by atoms with Crippen LogP contribution in [-0.2, 0) is 4.79 Å². The van der Waals surface area contributed by atoms with E-state index >= 15 is 0 Å². The molecule has 0 aromatic heterocycles. The summed E-state index contributed by atoms with van der Waals surface area (Å²) in [7, 11) is 0. The van der Waals surface area contributed by atoms with Gasteiger partial charge < -0.3 is 5.11 Å². The second-order valence-electron chi connectivity index (χ2n) is 7.14. The molecular weight excluding hydrogens is 224 g/mol. The van der Waals surface area contributed by atoms with Crippen LogP contribution in [-0.4, -0.2) is 17.5 Å². The van der Waals surface area contributed by atoms with E-state index in [0.29, 0.717) is 18.3 Å². The molecule has 0 aromatic carbocycles. The second-order valence-corrected chi connectivity index (χ2v) is 7.14. The Labute approximate surface area is 110 Å². The van der Waals surface area contributed by atoms with Gasteiger partial charge >= 0.3 is 0 Å². The zero-order chi connectivity index (χ0) is 12.8. The van der Waals surface area contributed by atoms with Gasteiger partial charge in [-0.15, -0.1) is 0 Å². The van der Waals surface area contributed by atoms with Gasteiger partial charge in [-0.05, 0) is 62.2 Å². The number of ketones is 1. The van der Waals surface area contributed by atoms with Gasteiger partial charge in [-0.2, -0.15) is 0 Å². The Morgan fingerprint density at radius 2 is 2.11 bits per heavy atom. The molecule has 0 spiro atoms. The Morgan fingerprint density at radius 3 is 2.89 bits per heavy atom. The van der Waals surface area contributed by atoms with Crippen molar-refractivity contribution in [3.63, 3.8) is 0 Å². The van der Waals surface area contributed by atoms with Crippen LogP contribution < -0.4 is 0 Å². The maximum atomic E-state index is 12.1. The number of fused-ring (bicyclic) bond motifs is 3. The molecule has 0 aliphatic heterocycles. The zero-order valence-corrected chi connectivity index (χ0v) is 11.5. The van der Waals surface area contributed by atoms with Crippen LogP contribution in [0.4, 0.5) is 0 Å². The van der Waals surface area contributed by atoms with Crippen LogP contribution in [0.3, 0.4) is 0 Å². The lowest BCUT2D eigenvalue weighted by Crippen LogP contribution is -2.44. The van der Waals surface area contributed by atoms with Gasteiger partial charge in [0, 0.05) is 18.4 Å². The lowest BCUT2D eigenvalue weighted by molar-refractivity contribution is -0.130. The Morgan fingerprint density at radius 1 is 1.28 bits per heavy atom. The molecule has 3 fully saturated rings. The number of carbonyl (C=O) groups excluding carboxylic acids is 1. The maximum Gasteiger partial charge on any atom is 0.139 e. The standard InChI is InChI=1S/C16H26O2/c1-16-8-6-12-10-11(7-9-17)2-3-13(12)14(16)4-5-15(16)18/h11-14,17H,2-10H2,1H3/t11-,12?,13?,14?,16+/m1/s1. The molecule has 3 aliphatic carbocycles. The molecule has 1 N–H and O–H groups in total. The van der Waals surface area contributed by atoms with Gasteiger partial charge in [0.1, 0.15) is 5.78 Å². The van der Waals surface area contributed by atoms with E-state index in [1.807, 2.05) is 0 Å². The highest BCUT2D eigenvalue weighted by Gasteiger charge is 2.54. The summed E-state index contributed by atoms with van der Waals surface area (Å²) < 4.78 is 0. The summed E-state index contributed by atoms with van der Waals surface area (Å²) in [4.78, 5) is 12.1. The average Bonchev–Trinajstić information content (AvgIpc) is 2.67. The van der Waals surface area contributed by atoms with Crippen molar-refractivity contribution < 1.29 is 9.90 Å². The van der Waals surface area contributed by atoms with E-state index in [9.17, 15) is 4.79 Å². The first-order valence-corrected chi connectivity index (χ1v) is 7.79. The first-order chi connectivity index (χ1) is 8.65. The summed E-state index contributed by atoms with van der Waals surface area (Å²) >= 11 is 0. The van der Waals surface area contributed by atoms with E-state index in [1.54, 1.807) is 0 Å². The number of aliphatic hydroxyl groups excluding tert-OH is 1. The van der Waals surface area contributed by atoms with Gasteiger partial charge in [0.2, 0.25) is 0 Å². The molecule has 0 bridgehead atoms. The number of rotatable bonds is 2. The minimum absolute atomic E-state index is 0.0327. The molecular formula is C16H26O2. The number of hydrogen-bond acceptors (Lipinski definition) is 2. The predicted molar refractivity (Wildman–Crippen MR) is 71.1 cm³/mol. The highest BCUT2D eigenvalue weighted by Crippen LogP contribution is 2.58. The summed E-state index contributed by atoms with van der Waals surface area (Å²) in [6.45, 7) is 2.59. The van der Waals surface area contributed by atoms with Crippen LogP contribution >= 0.6 is 0 Å². The van der Waals surface area contributed by atoms with Crippen molar-refractivity contribution in [3.05, 3.63) is 0 Å². The smallest absolute Gasteiger partial charge is 0.139 e. The molecule has 3 rings (SSSR count). The minimum atomic E-state index is 0.0327. The highest BCUT2D eigenvalue weighted by molar-refractivity contribution is 5.87. The fourth-order valence-corrected chi connectivity index (χ4v) is 5.29.